The van der Waals surface area contributed by atoms with Crippen LogP contribution in [0.1, 0.15) is 38.3 Å². The standard InChI is InChI=1S/C18H30N2O2/c1-14(2)10-11-22-15(3)18(21)19-12-16-8-6-7-9-17(16)13-20(4)5/h6-9,14-15H,10-13H2,1-5H3,(H,19,21)/t15-/m0/s1. The summed E-state index contributed by atoms with van der Waals surface area (Å²) in [5, 5.41) is 2.97. The lowest BCUT2D eigenvalue weighted by Crippen LogP contribution is -2.34. The minimum Gasteiger partial charge on any atom is -0.369 e. The molecule has 0 aromatic heterocycles. The maximum Gasteiger partial charge on any atom is 0.249 e. The van der Waals surface area contributed by atoms with E-state index in [4.69, 9.17) is 4.74 Å². The van der Waals surface area contributed by atoms with Crippen molar-refractivity contribution in [1.82, 2.24) is 10.2 Å². The fourth-order valence-corrected chi connectivity index (χ4v) is 2.11. The molecule has 1 aromatic carbocycles. The third-order valence-corrected chi connectivity index (χ3v) is 3.49. The highest BCUT2D eigenvalue weighted by Gasteiger charge is 2.13. The summed E-state index contributed by atoms with van der Waals surface area (Å²) < 4.78 is 5.58. The maximum absolute atomic E-state index is 12.1. The number of benzene rings is 1. The Hall–Kier alpha value is -1.39. The van der Waals surface area contributed by atoms with Gasteiger partial charge in [0.25, 0.3) is 0 Å². The number of carbonyl (C=O) groups excluding carboxylic acids is 1. The lowest BCUT2D eigenvalue weighted by atomic mass is 10.1. The van der Waals surface area contributed by atoms with Gasteiger partial charge in [-0.25, -0.2) is 0 Å². The Kier molecular flexibility index (Phi) is 8.13. The normalized spacial score (nSPS) is 12.7. The molecule has 4 nitrogen and oxygen atoms in total. The molecule has 0 aliphatic rings. The number of amides is 1. The van der Waals surface area contributed by atoms with E-state index in [1.165, 1.54) is 5.56 Å². The number of ether oxygens (including phenoxy) is 1. The van der Waals surface area contributed by atoms with Gasteiger partial charge in [-0.1, -0.05) is 38.1 Å². The summed E-state index contributed by atoms with van der Waals surface area (Å²) in [6, 6.07) is 8.19. The van der Waals surface area contributed by atoms with Gasteiger partial charge < -0.3 is 15.0 Å². The van der Waals surface area contributed by atoms with Crippen LogP contribution >= 0.6 is 0 Å². The fraction of sp³-hybridized carbons (Fsp3) is 0.611. The number of nitrogens with one attached hydrogen (secondary N) is 1. The van der Waals surface area contributed by atoms with Crippen molar-refractivity contribution in [3.63, 3.8) is 0 Å². The van der Waals surface area contributed by atoms with Crippen LogP contribution in [0.2, 0.25) is 0 Å². The van der Waals surface area contributed by atoms with Gasteiger partial charge in [0, 0.05) is 19.7 Å². The lowest BCUT2D eigenvalue weighted by Gasteiger charge is -2.17. The molecule has 0 aliphatic carbocycles. The predicted octanol–water partition coefficient (Wildman–Crippen LogP) is 2.82. The van der Waals surface area contributed by atoms with Gasteiger partial charge >= 0.3 is 0 Å². The van der Waals surface area contributed by atoms with Crippen LogP contribution < -0.4 is 5.32 Å². The van der Waals surface area contributed by atoms with Gasteiger partial charge in [-0.3, -0.25) is 4.79 Å². The lowest BCUT2D eigenvalue weighted by molar-refractivity contribution is -0.132. The van der Waals surface area contributed by atoms with Gasteiger partial charge in [0.1, 0.15) is 6.10 Å². The molecular weight excluding hydrogens is 276 g/mol. The van der Waals surface area contributed by atoms with Gasteiger partial charge in [0.05, 0.1) is 0 Å². The second-order valence-corrected chi connectivity index (χ2v) is 6.42. The molecule has 1 amide bonds. The van der Waals surface area contributed by atoms with Crippen molar-refractivity contribution in [1.29, 1.82) is 0 Å². The SMILES string of the molecule is CC(C)CCO[C@@H](C)C(=O)NCc1ccccc1CN(C)C. The quantitative estimate of drug-likeness (QED) is 0.763. The van der Waals surface area contributed by atoms with Crippen molar-refractivity contribution in [2.24, 2.45) is 5.92 Å². The molecule has 0 saturated carbocycles. The molecule has 1 N–H and O–H groups in total. The molecule has 4 heteroatoms. The highest BCUT2D eigenvalue weighted by Crippen LogP contribution is 2.10. The summed E-state index contributed by atoms with van der Waals surface area (Å²) in [6.07, 6.45) is 0.572. The van der Waals surface area contributed by atoms with Crippen LogP contribution in [0, 0.1) is 5.92 Å². The van der Waals surface area contributed by atoms with Crippen LogP contribution in [0.3, 0.4) is 0 Å². The van der Waals surface area contributed by atoms with E-state index in [2.05, 4.69) is 36.2 Å². The topological polar surface area (TPSA) is 41.6 Å². The minimum absolute atomic E-state index is 0.0524. The first kappa shape index (κ1) is 18.7. The van der Waals surface area contributed by atoms with E-state index in [1.807, 2.05) is 26.2 Å². The Morgan fingerprint density at radius 1 is 1.18 bits per heavy atom. The fourth-order valence-electron chi connectivity index (χ4n) is 2.11. The van der Waals surface area contributed by atoms with Crippen molar-refractivity contribution >= 4 is 5.91 Å². The Balaban J connectivity index is 2.46. The summed E-state index contributed by atoms with van der Waals surface area (Å²) >= 11 is 0. The van der Waals surface area contributed by atoms with Gasteiger partial charge in [0.2, 0.25) is 5.91 Å². The highest BCUT2D eigenvalue weighted by molar-refractivity contribution is 5.80. The summed E-state index contributed by atoms with van der Waals surface area (Å²) in [7, 11) is 4.08. The number of nitrogens with zero attached hydrogens (tertiary/aromatic N) is 1. The molecule has 0 heterocycles. The third-order valence-electron chi connectivity index (χ3n) is 3.49. The van der Waals surface area contributed by atoms with E-state index in [0.717, 1.165) is 18.5 Å². The van der Waals surface area contributed by atoms with Crippen molar-refractivity contribution in [2.45, 2.75) is 46.4 Å². The molecule has 0 radical (unpaired) electrons. The molecule has 0 saturated heterocycles. The Bertz CT molecular complexity index is 458. The van der Waals surface area contributed by atoms with Gasteiger partial charge in [-0.15, -0.1) is 0 Å². The summed E-state index contributed by atoms with van der Waals surface area (Å²) in [4.78, 5) is 14.2. The van der Waals surface area contributed by atoms with Gasteiger partial charge in [-0.05, 0) is 44.5 Å². The van der Waals surface area contributed by atoms with Crippen molar-refractivity contribution in [3.8, 4) is 0 Å². The van der Waals surface area contributed by atoms with Gasteiger partial charge in [0.15, 0.2) is 0 Å². The minimum atomic E-state index is -0.403. The van der Waals surface area contributed by atoms with E-state index in [9.17, 15) is 4.79 Å². The summed E-state index contributed by atoms with van der Waals surface area (Å²) in [6.45, 7) is 8.14. The number of hydrogen-bond donors (Lipinski definition) is 1. The van der Waals surface area contributed by atoms with Crippen LogP contribution in [-0.2, 0) is 22.6 Å². The molecule has 1 aromatic rings. The van der Waals surface area contributed by atoms with Crippen molar-refractivity contribution in [3.05, 3.63) is 35.4 Å². The molecule has 1 rings (SSSR count). The van der Waals surface area contributed by atoms with Gasteiger partial charge in [-0.2, -0.15) is 0 Å². The van der Waals surface area contributed by atoms with E-state index >= 15 is 0 Å². The molecule has 0 unspecified atom stereocenters. The number of rotatable bonds is 9. The number of carbonyl (C=O) groups is 1. The molecule has 22 heavy (non-hydrogen) atoms. The number of hydrogen-bond acceptors (Lipinski definition) is 3. The average molecular weight is 306 g/mol. The Labute approximate surface area is 134 Å². The molecular formula is C18H30N2O2. The van der Waals surface area contributed by atoms with Crippen LogP contribution in [0.5, 0.6) is 0 Å². The average Bonchev–Trinajstić information content (AvgIpc) is 2.44. The van der Waals surface area contributed by atoms with E-state index < -0.39 is 6.10 Å². The highest BCUT2D eigenvalue weighted by atomic mass is 16.5. The molecule has 0 bridgehead atoms. The van der Waals surface area contributed by atoms with Crippen LogP contribution in [0.4, 0.5) is 0 Å². The molecule has 0 spiro atoms. The molecule has 0 aliphatic heterocycles. The second kappa shape index (κ2) is 9.59. The molecule has 124 valence electrons. The monoisotopic (exact) mass is 306 g/mol. The zero-order valence-electron chi connectivity index (χ0n) is 14.6. The largest absolute Gasteiger partial charge is 0.369 e. The Morgan fingerprint density at radius 3 is 2.41 bits per heavy atom. The van der Waals surface area contributed by atoms with Crippen LogP contribution in [0.15, 0.2) is 24.3 Å². The van der Waals surface area contributed by atoms with Crippen LogP contribution in [-0.4, -0.2) is 37.6 Å². The summed E-state index contributed by atoms with van der Waals surface area (Å²) in [5.41, 5.74) is 2.39. The van der Waals surface area contributed by atoms with Crippen LogP contribution in [0.25, 0.3) is 0 Å². The molecule has 0 fully saturated rings. The molecule has 1 atom stereocenters. The summed E-state index contributed by atoms with van der Waals surface area (Å²) in [5.74, 6) is 0.539. The first-order valence-electron chi connectivity index (χ1n) is 8.01. The maximum atomic E-state index is 12.1. The Morgan fingerprint density at radius 2 is 1.82 bits per heavy atom. The first-order chi connectivity index (χ1) is 10.4. The zero-order chi connectivity index (χ0) is 16.5. The zero-order valence-corrected chi connectivity index (χ0v) is 14.6. The van der Waals surface area contributed by atoms with Crippen molar-refractivity contribution < 1.29 is 9.53 Å². The third kappa shape index (κ3) is 7.05. The van der Waals surface area contributed by atoms with E-state index in [0.29, 0.717) is 19.1 Å². The van der Waals surface area contributed by atoms with E-state index in [1.54, 1.807) is 6.92 Å². The second-order valence-electron chi connectivity index (χ2n) is 6.42. The smallest absolute Gasteiger partial charge is 0.249 e. The van der Waals surface area contributed by atoms with E-state index in [-0.39, 0.29) is 5.91 Å². The van der Waals surface area contributed by atoms with Crippen molar-refractivity contribution in [2.75, 3.05) is 20.7 Å². The first-order valence-corrected chi connectivity index (χ1v) is 8.01. The predicted molar refractivity (Wildman–Crippen MR) is 90.5 cm³/mol.